The Morgan fingerprint density at radius 2 is 2.16 bits per heavy atom. The highest BCUT2D eigenvalue weighted by atomic mass is 16.5. The van der Waals surface area contributed by atoms with Crippen LogP contribution in [-0.2, 0) is 16.0 Å². The molecule has 0 aliphatic heterocycles. The second-order valence-electron chi connectivity index (χ2n) is 4.48. The zero-order valence-corrected chi connectivity index (χ0v) is 11.6. The average Bonchev–Trinajstić information content (AvgIpc) is 2.41. The van der Waals surface area contributed by atoms with Crippen molar-refractivity contribution in [2.75, 3.05) is 6.61 Å². The minimum atomic E-state index is -0.352. The Bertz CT molecular complexity index is 492. The number of hydrogen-bond donors (Lipinski definition) is 0. The lowest BCUT2D eigenvalue weighted by atomic mass is 10.1. The second-order valence-corrected chi connectivity index (χ2v) is 4.48. The number of carbonyl (C=O) groups is 1. The Labute approximate surface area is 115 Å². The third-order valence-electron chi connectivity index (χ3n) is 2.45. The number of carbonyl (C=O) groups excluding carboxylic acids is 1. The van der Waals surface area contributed by atoms with E-state index in [1.165, 1.54) is 17.2 Å². The zero-order chi connectivity index (χ0) is 14.1. The Hall–Kier alpha value is -2.09. The van der Waals surface area contributed by atoms with Gasteiger partial charge in [-0.25, -0.2) is 4.79 Å². The number of ether oxygens (including phenoxy) is 1. The van der Waals surface area contributed by atoms with Crippen molar-refractivity contribution in [2.24, 2.45) is 0 Å². The maximum Gasteiger partial charge on any atom is 0.331 e. The summed E-state index contributed by atoms with van der Waals surface area (Å²) < 4.78 is 4.87. The second kappa shape index (κ2) is 8.09. The van der Waals surface area contributed by atoms with Crippen LogP contribution in [0.1, 0.15) is 25.0 Å². The lowest BCUT2D eigenvalue weighted by Gasteiger charge is -2.00. The lowest BCUT2D eigenvalue weighted by molar-refractivity contribution is -0.136. The van der Waals surface area contributed by atoms with Crippen molar-refractivity contribution < 1.29 is 9.53 Å². The Morgan fingerprint density at radius 3 is 2.84 bits per heavy atom. The molecule has 0 heterocycles. The molecule has 0 saturated heterocycles. The van der Waals surface area contributed by atoms with Crippen molar-refractivity contribution in [1.82, 2.24) is 0 Å². The minimum Gasteiger partial charge on any atom is -0.458 e. The van der Waals surface area contributed by atoms with Crippen LogP contribution in [-0.4, -0.2) is 12.6 Å². The summed E-state index contributed by atoms with van der Waals surface area (Å²) in [6.07, 6.45) is 7.83. The molecule has 1 aromatic rings. The fourth-order valence-corrected chi connectivity index (χ4v) is 1.50. The van der Waals surface area contributed by atoms with Gasteiger partial charge in [0.1, 0.15) is 6.61 Å². The highest BCUT2D eigenvalue weighted by molar-refractivity contribution is 5.87. The average molecular weight is 256 g/mol. The van der Waals surface area contributed by atoms with Gasteiger partial charge in [0.05, 0.1) is 0 Å². The van der Waals surface area contributed by atoms with Gasteiger partial charge in [0.2, 0.25) is 0 Å². The Balaban J connectivity index is 2.66. The quantitative estimate of drug-likeness (QED) is 0.438. The zero-order valence-electron chi connectivity index (χ0n) is 11.6. The Morgan fingerprint density at radius 1 is 1.37 bits per heavy atom. The van der Waals surface area contributed by atoms with Crippen LogP contribution in [0.25, 0.3) is 6.08 Å². The molecule has 1 aromatic carbocycles. The first-order valence-corrected chi connectivity index (χ1v) is 6.30. The predicted octanol–water partition coefficient (Wildman–Crippen LogP) is 3.94. The van der Waals surface area contributed by atoms with Gasteiger partial charge in [0.25, 0.3) is 0 Å². The molecule has 0 amide bonds. The summed E-state index contributed by atoms with van der Waals surface area (Å²) in [4.78, 5) is 11.3. The monoisotopic (exact) mass is 256 g/mol. The maximum atomic E-state index is 11.3. The van der Waals surface area contributed by atoms with Crippen LogP contribution in [0.2, 0.25) is 0 Å². The number of benzene rings is 1. The molecule has 1 rings (SSSR count). The minimum absolute atomic E-state index is 0.240. The molecule has 0 spiro atoms. The molecule has 2 heteroatoms. The summed E-state index contributed by atoms with van der Waals surface area (Å²) in [5.74, 6) is -0.352. The van der Waals surface area contributed by atoms with Gasteiger partial charge in [-0.3, -0.25) is 0 Å². The molecule has 0 aliphatic carbocycles. The van der Waals surface area contributed by atoms with Gasteiger partial charge in [0.15, 0.2) is 0 Å². The van der Waals surface area contributed by atoms with Crippen molar-refractivity contribution in [1.29, 1.82) is 0 Å². The van der Waals surface area contributed by atoms with Crippen LogP contribution in [0.5, 0.6) is 0 Å². The van der Waals surface area contributed by atoms with Crippen LogP contribution in [0.15, 0.2) is 54.6 Å². The number of esters is 1. The predicted molar refractivity (Wildman–Crippen MR) is 79.8 cm³/mol. The summed E-state index contributed by atoms with van der Waals surface area (Å²) in [5.41, 5.74) is 3.52. The number of allylic oxidation sites excluding steroid dienone is 2. The van der Waals surface area contributed by atoms with E-state index < -0.39 is 0 Å². The molecule has 0 atom stereocenters. The van der Waals surface area contributed by atoms with E-state index >= 15 is 0 Å². The fourth-order valence-electron chi connectivity index (χ4n) is 1.50. The van der Waals surface area contributed by atoms with E-state index in [1.54, 1.807) is 12.2 Å². The van der Waals surface area contributed by atoms with Gasteiger partial charge in [-0.15, -0.1) is 0 Å². The molecule has 0 unspecified atom stereocenters. The molecule has 0 bridgehead atoms. The fraction of sp³-hybridized carbons (Fsp3) is 0.235. The summed E-state index contributed by atoms with van der Waals surface area (Å²) in [5, 5.41) is 0. The highest BCUT2D eigenvalue weighted by Gasteiger charge is 1.96. The van der Waals surface area contributed by atoms with Crippen LogP contribution in [0.4, 0.5) is 0 Å². The van der Waals surface area contributed by atoms with Crippen molar-refractivity contribution in [3.63, 3.8) is 0 Å². The van der Waals surface area contributed by atoms with Crippen LogP contribution in [0.3, 0.4) is 0 Å². The van der Waals surface area contributed by atoms with E-state index in [9.17, 15) is 4.79 Å². The van der Waals surface area contributed by atoms with Crippen LogP contribution >= 0.6 is 0 Å². The molecule has 0 aliphatic rings. The van der Waals surface area contributed by atoms with Crippen molar-refractivity contribution in [3.05, 3.63) is 65.8 Å². The smallest absolute Gasteiger partial charge is 0.331 e. The first kappa shape index (κ1) is 15.0. The molecular weight excluding hydrogens is 236 g/mol. The largest absolute Gasteiger partial charge is 0.458 e. The molecule has 0 radical (unpaired) electrons. The number of rotatable bonds is 6. The van der Waals surface area contributed by atoms with Gasteiger partial charge in [-0.1, -0.05) is 48.6 Å². The highest BCUT2D eigenvalue weighted by Crippen LogP contribution is 2.09. The maximum absolute atomic E-state index is 11.3. The molecule has 0 saturated carbocycles. The molecule has 0 fully saturated rings. The third-order valence-corrected chi connectivity index (χ3v) is 2.45. The Kier molecular flexibility index (Phi) is 6.37. The molecule has 0 aromatic heterocycles. The van der Waals surface area contributed by atoms with Crippen LogP contribution in [0, 0.1) is 0 Å². The van der Waals surface area contributed by atoms with Crippen molar-refractivity contribution >= 4 is 12.0 Å². The van der Waals surface area contributed by atoms with E-state index in [2.05, 4.69) is 38.6 Å². The molecule has 0 N–H and O–H groups in total. The van der Waals surface area contributed by atoms with Crippen molar-refractivity contribution in [2.45, 2.75) is 20.3 Å². The summed E-state index contributed by atoms with van der Waals surface area (Å²) in [6.45, 7) is 7.90. The van der Waals surface area contributed by atoms with Gasteiger partial charge < -0.3 is 4.74 Å². The molecule has 19 heavy (non-hydrogen) atoms. The topological polar surface area (TPSA) is 26.3 Å². The number of hydrogen-bond acceptors (Lipinski definition) is 2. The summed E-state index contributed by atoms with van der Waals surface area (Å²) in [6, 6.07) is 8.09. The van der Waals surface area contributed by atoms with Gasteiger partial charge in [0, 0.05) is 6.08 Å². The normalized spacial score (nSPS) is 10.2. The third kappa shape index (κ3) is 6.41. The van der Waals surface area contributed by atoms with Gasteiger partial charge >= 0.3 is 5.97 Å². The molecule has 2 nitrogen and oxygen atoms in total. The van der Waals surface area contributed by atoms with Crippen molar-refractivity contribution in [3.8, 4) is 0 Å². The van der Waals surface area contributed by atoms with E-state index in [1.807, 2.05) is 12.1 Å². The first-order valence-electron chi connectivity index (χ1n) is 6.30. The van der Waals surface area contributed by atoms with E-state index in [0.717, 1.165) is 12.0 Å². The standard InChI is InChI=1S/C17H20O2/c1-4-12-19-17(18)11-10-16-7-5-6-15(13-16)9-8-14(2)3/h4-8,10-11,13H,1,9,12H2,2-3H3. The summed E-state index contributed by atoms with van der Waals surface area (Å²) >= 11 is 0. The van der Waals surface area contributed by atoms with E-state index in [-0.39, 0.29) is 12.6 Å². The lowest BCUT2D eigenvalue weighted by Crippen LogP contribution is -1.99. The van der Waals surface area contributed by atoms with E-state index in [4.69, 9.17) is 4.74 Å². The van der Waals surface area contributed by atoms with E-state index in [0.29, 0.717) is 0 Å². The van der Waals surface area contributed by atoms with Gasteiger partial charge in [-0.05, 0) is 37.5 Å². The SMILES string of the molecule is C=CCOC(=O)C=Cc1cccc(CC=C(C)C)c1. The molecule has 100 valence electrons. The van der Waals surface area contributed by atoms with Crippen LogP contribution < -0.4 is 0 Å². The summed E-state index contributed by atoms with van der Waals surface area (Å²) in [7, 11) is 0. The first-order chi connectivity index (χ1) is 9.11. The molecular formula is C17H20O2. The van der Waals surface area contributed by atoms with Gasteiger partial charge in [-0.2, -0.15) is 0 Å².